The lowest BCUT2D eigenvalue weighted by Crippen LogP contribution is -2.29. The van der Waals surface area contributed by atoms with Crippen molar-refractivity contribution < 1.29 is 13.3 Å². The first-order valence-electron chi connectivity index (χ1n) is 6.23. The Balaban J connectivity index is 1.90. The first kappa shape index (κ1) is 14.0. The van der Waals surface area contributed by atoms with E-state index in [4.69, 9.17) is 10.1 Å². The van der Waals surface area contributed by atoms with Crippen molar-refractivity contribution >= 4 is 10.0 Å². The van der Waals surface area contributed by atoms with E-state index in [9.17, 15) is 8.42 Å². The third-order valence-corrected chi connectivity index (χ3v) is 4.15. The number of sulfonamides is 1. The maximum atomic E-state index is 11.8. The highest BCUT2D eigenvalue weighted by Gasteiger charge is 2.19. The van der Waals surface area contributed by atoms with Gasteiger partial charge in [0.15, 0.2) is 0 Å². The Hall–Kier alpha value is -1.42. The van der Waals surface area contributed by atoms with Crippen LogP contribution < -0.4 is 4.89 Å². The molecule has 0 heterocycles. The number of hydrogen-bond donors (Lipinski definition) is 1. The molecular formula is C13H16N2O3S. The molecule has 102 valence electrons. The average Bonchev–Trinajstić information content (AvgIpc) is 2.90. The lowest BCUT2D eigenvalue weighted by Gasteiger charge is -2.12. The summed E-state index contributed by atoms with van der Waals surface area (Å²) in [5.74, 6) is -0.147. The van der Waals surface area contributed by atoms with E-state index in [1.54, 1.807) is 24.3 Å². The predicted octanol–water partition coefficient (Wildman–Crippen LogP) is 1.85. The largest absolute Gasteiger partial charge is 0.284 e. The third kappa shape index (κ3) is 4.31. The molecule has 0 unspecified atom stereocenters. The maximum Gasteiger partial charge on any atom is 0.237 e. The van der Waals surface area contributed by atoms with E-state index >= 15 is 0 Å². The summed E-state index contributed by atoms with van der Waals surface area (Å²) in [5, 5.41) is 8.67. The van der Waals surface area contributed by atoms with E-state index < -0.39 is 10.0 Å². The van der Waals surface area contributed by atoms with Gasteiger partial charge in [-0.2, -0.15) is 5.26 Å². The van der Waals surface area contributed by atoms with Gasteiger partial charge in [0.25, 0.3) is 0 Å². The Morgan fingerprint density at radius 1 is 1.26 bits per heavy atom. The molecule has 1 aliphatic carbocycles. The second kappa shape index (κ2) is 6.15. The van der Waals surface area contributed by atoms with E-state index in [0.29, 0.717) is 11.1 Å². The zero-order valence-electron chi connectivity index (χ0n) is 10.5. The molecule has 6 heteroatoms. The minimum atomic E-state index is -3.50. The molecule has 0 radical (unpaired) electrons. The van der Waals surface area contributed by atoms with Crippen LogP contribution in [0, 0.1) is 11.3 Å². The Morgan fingerprint density at radius 3 is 2.47 bits per heavy atom. The standard InChI is InChI=1S/C13H16N2O3S/c14-9-11-5-7-12(8-6-11)10-19(16,17)15-18-13-3-1-2-4-13/h5-8,13,15H,1-4,10H2. The summed E-state index contributed by atoms with van der Waals surface area (Å²) in [6.07, 6.45) is 3.97. The minimum Gasteiger partial charge on any atom is -0.284 e. The van der Waals surface area contributed by atoms with Gasteiger partial charge in [-0.05, 0) is 30.5 Å². The normalized spacial score (nSPS) is 16.4. The molecule has 0 aromatic heterocycles. The number of benzene rings is 1. The number of rotatable bonds is 5. The van der Waals surface area contributed by atoms with Crippen molar-refractivity contribution in [3.8, 4) is 6.07 Å². The third-order valence-electron chi connectivity index (χ3n) is 3.08. The van der Waals surface area contributed by atoms with Gasteiger partial charge in [0, 0.05) is 0 Å². The van der Waals surface area contributed by atoms with Crippen molar-refractivity contribution in [2.45, 2.75) is 37.5 Å². The van der Waals surface area contributed by atoms with Crippen LogP contribution in [0.5, 0.6) is 0 Å². The summed E-state index contributed by atoms with van der Waals surface area (Å²) < 4.78 is 23.6. The Kier molecular flexibility index (Phi) is 4.53. The minimum absolute atomic E-state index is 0.00394. The number of nitrogens with zero attached hydrogens (tertiary/aromatic N) is 1. The summed E-state index contributed by atoms with van der Waals surface area (Å²) in [5.41, 5.74) is 1.14. The number of nitrogens with one attached hydrogen (secondary N) is 1. The van der Waals surface area contributed by atoms with Gasteiger partial charge < -0.3 is 0 Å². The zero-order chi connectivity index (χ0) is 13.7. The highest BCUT2D eigenvalue weighted by Crippen LogP contribution is 2.20. The fraction of sp³-hybridized carbons (Fsp3) is 0.462. The molecule has 0 spiro atoms. The summed E-state index contributed by atoms with van der Waals surface area (Å²) in [7, 11) is -3.50. The van der Waals surface area contributed by atoms with E-state index in [1.165, 1.54) is 0 Å². The van der Waals surface area contributed by atoms with Crippen molar-refractivity contribution in [1.82, 2.24) is 4.89 Å². The summed E-state index contributed by atoms with van der Waals surface area (Å²) in [4.78, 5) is 7.38. The predicted molar refractivity (Wildman–Crippen MR) is 70.3 cm³/mol. The second-order valence-corrected chi connectivity index (χ2v) is 6.36. The van der Waals surface area contributed by atoms with Gasteiger partial charge in [0.05, 0.1) is 23.5 Å². The highest BCUT2D eigenvalue weighted by molar-refractivity contribution is 7.88. The van der Waals surface area contributed by atoms with E-state index in [2.05, 4.69) is 4.89 Å². The van der Waals surface area contributed by atoms with Crippen LogP contribution in [0.2, 0.25) is 0 Å². The van der Waals surface area contributed by atoms with Crippen molar-refractivity contribution in [2.24, 2.45) is 0 Å². The van der Waals surface area contributed by atoms with Gasteiger partial charge in [-0.25, -0.2) is 8.42 Å². The van der Waals surface area contributed by atoms with Crippen LogP contribution in [-0.2, 0) is 20.6 Å². The number of hydrogen-bond acceptors (Lipinski definition) is 4. The lowest BCUT2D eigenvalue weighted by atomic mass is 10.2. The smallest absolute Gasteiger partial charge is 0.237 e. The molecule has 0 saturated heterocycles. The quantitative estimate of drug-likeness (QED) is 0.835. The van der Waals surface area contributed by atoms with Crippen molar-refractivity contribution in [2.75, 3.05) is 0 Å². The second-order valence-electron chi connectivity index (χ2n) is 4.68. The van der Waals surface area contributed by atoms with Gasteiger partial charge >= 0.3 is 0 Å². The van der Waals surface area contributed by atoms with E-state index in [1.807, 2.05) is 6.07 Å². The molecule has 1 aromatic carbocycles. The van der Waals surface area contributed by atoms with Crippen LogP contribution in [-0.4, -0.2) is 14.5 Å². The molecule has 1 saturated carbocycles. The SMILES string of the molecule is N#Cc1ccc(CS(=O)(=O)NOC2CCCC2)cc1. The molecular weight excluding hydrogens is 264 g/mol. The topological polar surface area (TPSA) is 79.2 Å². The molecule has 0 atom stereocenters. The zero-order valence-corrected chi connectivity index (χ0v) is 11.3. The van der Waals surface area contributed by atoms with Crippen molar-refractivity contribution in [3.63, 3.8) is 0 Å². The fourth-order valence-electron chi connectivity index (χ4n) is 2.07. The molecule has 2 rings (SSSR count). The van der Waals surface area contributed by atoms with Crippen LogP contribution in [0.1, 0.15) is 36.8 Å². The number of nitriles is 1. The molecule has 5 nitrogen and oxygen atoms in total. The molecule has 0 aliphatic heterocycles. The summed E-state index contributed by atoms with van der Waals surface area (Å²) in [6, 6.07) is 8.45. The van der Waals surface area contributed by atoms with Crippen molar-refractivity contribution in [3.05, 3.63) is 35.4 Å². The van der Waals surface area contributed by atoms with Gasteiger partial charge in [-0.15, -0.1) is 0 Å². The van der Waals surface area contributed by atoms with Gasteiger partial charge in [0.1, 0.15) is 0 Å². The molecule has 1 aliphatic rings. The Morgan fingerprint density at radius 2 is 1.89 bits per heavy atom. The van der Waals surface area contributed by atoms with Gasteiger partial charge in [-0.3, -0.25) is 4.84 Å². The van der Waals surface area contributed by atoms with Crippen LogP contribution >= 0.6 is 0 Å². The van der Waals surface area contributed by atoms with Crippen LogP contribution in [0.4, 0.5) is 0 Å². The molecule has 0 bridgehead atoms. The van der Waals surface area contributed by atoms with Crippen molar-refractivity contribution in [1.29, 1.82) is 5.26 Å². The first-order chi connectivity index (χ1) is 9.09. The molecule has 19 heavy (non-hydrogen) atoms. The van der Waals surface area contributed by atoms with Gasteiger partial charge in [-0.1, -0.05) is 29.9 Å². The van der Waals surface area contributed by atoms with Crippen LogP contribution in [0.25, 0.3) is 0 Å². The lowest BCUT2D eigenvalue weighted by molar-refractivity contribution is 0.0222. The summed E-state index contributed by atoms with van der Waals surface area (Å²) in [6.45, 7) is 0. The highest BCUT2D eigenvalue weighted by atomic mass is 32.2. The molecule has 1 N–H and O–H groups in total. The van der Waals surface area contributed by atoms with Gasteiger partial charge in [0.2, 0.25) is 10.0 Å². The molecule has 0 amide bonds. The molecule has 1 fully saturated rings. The first-order valence-corrected chi connectivity index (χ1v) is 7.88. The average molecular weight is 280 g/mol. The molecule has 1 aromatic rings. The van der Waals surface area contributed by atoms with E-state index in [-0.39, 0.29) is 11.9 Å². The monoisotopic (exact) mass is 280 g/mol. The Bertz CT molecular complexity index is 555. The fourth-order valence-corrected chi connectivity index (χ4v) is 3.04. The van der Waals surface area contributed by atoms with Crippen LogP contribution in [0.3, 0.4) is 0 Å². The van der Waals surface area contributed by atoms with Crippen LogP contribution in [0.15, 0.2) is 24.3 Å². The maximum absolute atomic E-state index is 11.8. The van der Waals surface area contributed by atoms with E-state index in [0.717, 1.165) is 25.7 Å². The summed E-state index contributed by atoms with van der Waals surface area (Å²) >= 11 is 0. The Labute approximate surface area is 113 Å².